The van der Waals surface area contributed by atoms with Crippen LogP contribution in [-0.2, 0) is 21.4 Å². The third kappa shape index (κ3) is 6.64. The van der Waals surface area contributed by atoms with Crippen molar-refractivity contribution in [3.63, 3.8) is 0 Å². The van der Waals surface area contributed by atoms with E-state index in [2.05, 4.69) is 10.5 Å². The molecule has 0 radical (unpaired) electrons. The van der Waals surface area contributed by atoms with Gasteiger partial charge in [0.25, 0.3) is 5.91 Å². The first-order valence-corrected chi connectivity index (χ1v) is 11.9. The van der Waals surface area contributed by atoms with Gasteiger partial charge in [0.1, 0.15) is 5.75 Å². The maximum Gasteiger partial charge on any atom is 0.255 e. The molecule has 7 nitrogen and oxygen atoms in total. The molecule has 3 aromatic carbocycles. The van der Waals surface area contributed by atoms with Gasteiger partial charge in [0, 0.05) is 17.1 Å². The van der Waals surface area contributed by atoms with Crippen molar-refractivity contribution >= 4 is 33.7 Å². The fraction of sp³-hybridized carbons (Fsp3) is 0.167. The maximum atomic E-state index is 13.3. The van der Waals surface area contributed by atoms with Gasteiger partial charge in [-0.3, -0.25) is 4.79 Å². The lowest BCUT2D eigenvalue weighted by atomic mass is 10.2. The van der Waals surface area contributed by atoms with Crippen LogP contribution in [0.3, 0.4) is 0 Å². The third-order valence-electron chi connectivity index (χ3n) is 4.78. The van der Waals surface area contributed by atoms with Crippen molar-refractivity contribution in [2.75, 3.05) is 13.7 Å². The Bertz CT molecular complexity index is 1230. The van der Waals surface area contributed by atoms with E-state index in [-0.39, 0.29) is 11.4 Å². The molecule has 0 aliphatic carbocycles. The van der Waals surface area contributed by atoms with Gasteiger partial charge in [-0.2, -0.15) is 9.41 Å². The molecular formula is C24H24ClN3O4S. The van der Waals surface area contributed by atoms with E-state index in [0.29, 0.717) is 21.9 Å². The summed E-state index contributed by atoms with van der Waals surface area (Å²) in [5.41, 5.74) is 4.69. The first kappa shape index (κ1) is 24.4. The highest BCUT2D eigenvalue weighted by Gasteiger charge is 2.27. The van der Waals surface area contributed by atoms with Gasteiger partial charge in [0.2, 0.25) is 10.0 Å². The van der Waals surface area contributed by atoms with E-state index >= 15 is 0 Å². The molecule has 3 aromatic rings. The Hall–Kier alpha value is -3.20. The number of hydrazone groups is 1. The Balaban J connectivity index is 1.79. The number of methoxy groups -OCH3 is 1. The zero-order valence-corrected chi connectivity index (χ0v) is 19.8. The standard InChI is InChI=1S/C24H24ClN3O4S/c1-18-7-13-22(14-8-18)33(30,31)28(16-19-9-11-21(25)12-10-19)17-24(29)27-26-15-20-5-3-4-6-23(20)32-2/h3-15H,16-17H2,1-2H3,(H,27,29)/b26-15-. The number of hydrogen-bond acceptors (Lipinski definition) is 5. The lowest BCUT2D eigenvalue weighted by Gasteiger charge is -2.21. The monoisotopic (exact) mass is 485 g/mol. The van der Waals surface area contributed by atoms with E-state index in [9.17, 15) is 13.2 Å². The van der Waals surface area contributed by atoms with Crippen LogP contribution in [0, 0.1) is 6.92 Å². The number of rotatable bonds is 9. The average Bonchev–Trinajstić information content (AvgIpc) is 2.80. The number of ether oxygens (including phenoxy) is 1. The van der Waals surface area contributed by atoms with Gasteiger partial charge in [0.15, 0.2) is 0 Å². The number of halogens is 1. The van der Waals surface area contributed by atoms with Crippen LogP contribution in [0.25, 0.3) is 0 Å². The van der Waals surface area contributed by atoms with Crippen molar-refractivity contribution in [3.05, 3.63) is 94.5 Å². The Morgan fingerprint density at radius 1 is 1.06 bits per heavy atom. The van der Waals surface area contributed by atoms with Crippen molar-refractivity contribution in [1.29, 1.82) is 0 Å². The third-order valence-corrected chi connectivity index (χ3v) is 6.84. The number of sulfonamides is 1. The fourth-order valence-corrected chi connectivity index (χ4v) is 4.53. The lowest BCUT2D eigenvalue weighted by molar-refractivity contribution is -0.121. The summed E-state index contributed by atoms with van der Waals surface area (Å²) < 4.78 is 32.9. The van der Waals surface area contributed by atoms with E-state index < -0.39 is 22.5 Å². The van der Waals surface area contributed by atoms with Crippen LogP contribution in [0.1, 0.15) is 16.7 Å². The minimum absolute atomic E-state index is 0.00296. The van der Waals surface area contributed by atoms with Gasteiger partial charge < -0.3 is 4.74 Å². The Morgan fingerprint density at radius 3 is 2.39 bits per heavy atom. The lowest BCUT2D eigenvalue weighted by Crippen LogP contribution is -2.39. The van der Waals surface area contributed by atoms with Crippen molar-refractivity contribution in [1.82, 2.24) is 9.73 Å². The topological polar surface area (TPSA) is 88.1 Å². The summed E-state index contributed by atoms with van der Waals surface area (Å²) in [6.45, 7) is 1.45. The number of aryl methyl sites for hydroxylation is 1. The smallest absolute Gasteiger partial charge is 0.255 e. The zero-order valence-electron chi connectivity index (χ0n) is 18.2. The Labute approximate surface area is 198 Å². The van der Waals surface area contributed by atoms with E-state index in [0.717, 1.165) is 9.87 Å². The summed E-state index contributed by atoms with van der Waals surface area (Å²) in [5.74, 6) is 0.0209. The minimum Gasteiger partial charge on any atom is -0.496 e. The first-order valence-electron chi connectivity index (χ1n) is 10.1. The summed E-state index contributed by atoms with van der Waals surface area (Å²) in [4.78, 5) is 12.7. The van der Waals surface area contributed by atoms with Crippen LogP contribution >= 0.6 is 11.6 Å². The molecular weight excluding hydrogens is 462 g/mol. The number of carbonyl (C=O) groups excluding carboxylic acids is 1. The van der Waals surface area contributed by atoms with Gasteiger partial charge in [0.05, 0.1) is 24.8 Å². The van der Waals surface area contributed by atoms with E-state index in [1.165, 1.54) is 25.5 Å². The van der Waals surface area contributed by atoms with E-state index in [4.69, 9.17) is 16.3 Å². The second kappa shape index (κ2) is 11.1. The highest BCUT2D eigenvalue weighted by Crippen LogP contribution is 2.20. The van der Waals surface area contributed by atoms with Crippen molar-refractivity contribution in [3.8, 4) is 5.75 Å². The number of para-hydroxylation sites is 1. The zero-order chi connectivity index (χ0) is 23.8. The maximum absolute atomic E-state index is 13.3. The summed E-state index contributed by atoms with van der Waals surface area (Å²) in [6, 6.07) is 20.4. The van der Waals surface area contributed by atoms with E-state index in [1.807, 2.05) is 19.1 Å². The molecule has 3 rings (SSSR count). The molecule has 33 heavy (non-hydrogen) atoms. The van der Waals surface area contributed by atoms with Gasteiger partial charge in [-0.25, -0.2) is 13.8 Å². The van der Waals surface area contributed by atoms with Crippen LogP contribution in [0.2, 0.25) is 5.02 Å². The second-order valence-corrected chi connectivity index (χ2v) is 9.62. The second-order valence-electron chi connectivity index (χ2n) is 7.25. The average molecular weight is 486 g/mol. The van der Waals surface area contributed by atoms with Crippen molar-refractivity contribution < 1.29 is 17.9 Å². The Morgan fingerprint density at radius 2 is 1.73 bits per heavy atom. The molecule has 0 atom stereocenters. The number of nitrogens with zero attached hydrogens (tertiary/aromatic N) is 2. The van der Waals surface area contributed by atoms with Crippen LogP contribution < -0.4 is 10.2 Å². The number of carbonyl (C=O) groups is 1. The molecule has 0 fully saturated rings. The molecule has 172 valence electrons. The fourth-order valence-electron chi connectivity index (χ4n) is 3.02. The highest BCUT2D eigenvalue weighted by atomic mass is 35.5. The summed E-state index contributed by atoms with van der Waals surface area (Å²) in [5, 5.41) is 4.48. The first-order chi connectivity index (χ1) is 15.8. The molecule has 0 aliphatic rings. The van der Waals surface area contributed by atoms with Gasteiger partial charge in [-0.05, 0) is 48.9 Å². The quantitative estimate of drug-likeness (QED) is 0.366. The molecule has 9 heteroatoms. The molecule has 0 saturated heterocycles. The molecule has 0 saturated carbocycles. The predicted octanol–water partition coefficient (Wildman–Crippen LogP) is 4.00. The SMILES string of the molecule is COc1ccccc1/C=N\NC(=O)CN(Cc1ccc(Cl)cc1)S(=O)(=O)c1ccc(C)cc1. The van der Waals surface area contributed by atoms with E-state index in [1.54, 1.807) is 48.5 Å². The normalized spacial score (nSPS) is 11.6. The largest absolute Gasteiger partial charge is 0.496 e. The molecule has 0 bridgehead atoms. The highest BCUT2D eigenvalue weighted by molar-refractivity contribution is 7.89. The molecule has 0 aliphatic heterocycles. The Kier molecular flexibility index (Phi) is 8.21. The summed E-state index contributed by atoms with van der Waals surface area (Å²) in [6.07, 6.45) is 1.44. The van der Waals surface area contributed by atoms with Crippen molar-refractivity contribution in [2.45, 2.75) is 18.4 Å². The molecule has 0 heterocycles. The van der Waals surface area contributed by atoms with Crippen LogP contribution in [0.4, 0.5) is 0 Å². The summed E-state index contributed by atoms with van der Waals surface area (Å²) in [7, 11) is -2.40. The van der Waals surface area contributed by atoms with Gasteiger partial charge in [-0.1, -0.05) is 53.6 Å². The minimum atomic E-state index is -3.94. The molecule has 0 spiro atoms. The number of amides is 1. The number of nitrogens with one attached hydrogen (secondary N) is 1. The van der Waals surface area contributed by atoms with Crippen LogP contribution in [0.5, 0.6) is 5.75 Å². The predicted molar refractivity (Wildman–Crippen MR) is 129 cm³/mol. The number of benzene rings is 3. The van der Waals surface area contributed by atoms with Crippen LogP contribution in [-0.4, -0.2) is 38.5 Å². The molecule has 0 unspecified atom stereocenters. The summed E-state index contributed by atoms with van der Waals surface area (Å²) >= 11 is 5.94. The van der Waals surface area contributed by atoms with Gasteiger partial charge in [-0.15, -0.1) is 0 Å². The molecule has 1 amide bonds. The number of hydrogen-bond donors (Lipinski definition) is 1. The van der Waals surface area contributed by atoms with Gasteiger partial charge >= 0.3 is 0 Å². The van der Waals surface area contributed by atoms with Crippen LogP contribution in [0.15, 0.2) is 82.8 Å². The van der Waals surface area contributed by atoms with Crippen molar-refractivity contribution in [2.24, 2.45) is 5.10 Å². The molecule has 1 N–H and O–H groups in total. The molecule has 0 aromatic heterocycles.